The van der Waals surface area contributed by atoms with Gasteiger partial charge in [-0.15, -0.1) is 0 Å². The summed E-state index contributed by atoms with van der Waals surface area (Å²) >= 11 is 0. The van der Waals surface area contributed by atoms with E-state index in [0.717, 1.165) is 22.4 Å². The minimum atomic E-state index is 0.644. The summed E-state index contributed by atoms with van der Waals surface area (Å²) in [6.45, 7) is 0. The van der Waals surface area contributed by atoms with E-state index in [1.54, 1.807) is 0 Å². The molecule has 0 aliphatic rings. The number of benzene rings is 7. The number of aromatic nitrogens is 5. The van der Waals surface area contributed by atoms with Crippen molar-refractivity contribution >= 4 is 59.9 Å². The van der Waals surface area contributed by atoms with Crippen LogP contribution in [-0.2, 0) is 0 Å². The van der Waals surface area contributed by atoms with Gasteiger partial charge in [0.05, 0.1) is 27.6 Å². The van der Waals surface area contributed by atoms with Gasteiger partial charge < -0.3 is 8.97 Å². The average molecular weight is 638 g/mol. The Morgan fingerprint density at radius 3 is 1.44 bits per heavy atom. The third-order valence-corrected chi connectivity index (χ3v) is 10.1. The molecule has 0 unspecified atom stereocenters. The molecule has 0 saturated carbocycles. The van der Waals surface area contributed by atoms with E-state index in [4.69, 9.17) is 15.0 Å². The number of hydrogen-bond acceptors (Lipinski definition) is 3. The molecule has 7 aromatic carbocycles. The Morgan fingerprint density at radius 2 is 0.800 bits per heavy atom. The Balaban J connectivity index is 1.12. The molecule has 50 heavy (non-hydrogen) atoms. The molecular formula is C45H27N5. The van der Waals surface area contributed by atoms with Gasteiger partial charge in [-0.05, 0) is 48.5 Å². The molecule has 0 saturated heterocycles. The highest BCUT2D eigenvalue weighted by atomic mass is 15.0. The normalized spacial score (nSPS) is 12.0. The van der Waals surface area contributed by atoms with Gasteiger partial charge in [-0.1, -0.05) is 115 Å². The number of hydrogen-bond donors (Lipinski definition) is 0. The molecule has 0 radical (unpaired) electrons. The zero-order valence-corrected chi connectivity index (χ0v) is 26.8. The van der Waals surface area contributed by atoms with Gasteiger partial charge in [0.1, 0.15) is 0 Å². The standard InChI is InChI=1S/C45H27N5/c1-3-12-28(13-4-1)43-46-44(29-14-5-2-6-15-29)48-45(47-43)30-22-24-31(25-23-30)49-38-20-9-8-17-33(38)36-26-37-35-19-11-18-34-32-16-7-10-21-39(32)50(42(34)35)41(37)27-40(36)49/h1-27H. The summed E-state index contributed by atoms with van der Waals surface area (Å²) in [5.41, 5.74) is 10.0. The molecular weight excluding hydrogens is 611 g/mol. The van der Waals surface area contributed by atoms with Gasteiger partial charge in [0.15, 0.2) is 17.5 Å². The van der Waals surface area contributed by atoms with E-state index in [1.807, 2.05) is 60.7 Å². The predicted octanol–water partition coefficient (Wildman–Crippen LogP) is 11.1. The molecule has 0 amide bonds. The number of para-hydroxylation sites is 3. The fourth-order valence-corrected chi connectivity index (χ4v) is 7.87. The predicted molar refractivity (Wildman–Crippen MR) is 205 cm³/mol. The average Bonchev–Trinajstić information content (AvgIpc) is 3.82. The third-order valence-electron chi connectivity index (χ3n) is 10.1. The molecule has 0 bridgehead atoms. The molecule has 4 aromatic heterocycles. The molecule has 11 aromatic rings. The first-order valence-electron chi connectivity index (χ1n) is 16.9. The molecule has 5 heteroatoms. The second-order valence-electron chi connectivity index (χ2n) is 12.9. The van der Waals surface area contributed by atoms with Gasteiger partial charge in [0.25, 0.3) is 0 Å². The molecule has 0 aliphatic heterocycles. The lowest BCUT2D eigenvalue weighted by Gasteiger charge is -2.11. The summed E-state index contributed by atoms with van der Waals surface area (Å²) in [4.78, 5) is 14.8. The van der Waals surface area contributed by atoms with Gasteiger partial charge in [0.2, 0.25) is 0 Å². The molecule has 4 heterocycles. The Kier molecular flexibility index (Phi) is 5.60. The van der Waals surface area contributed by atoms with Crippen molar-refractivity contribution in [2.75, 3.05) is 0 Å². The van der Waals surface area contributed by atoms with Crippen LogP contribution in [-0.4, -0.2) is 23.9 Å². The van der Waals surface area contributed by atoms with Crippen molar-refractivity contribution in [1.82, 2.24) is 23.9 Å². The molecule has 11 rings (SSSR count). The maximum absolute atomic E-state index is 4.96. The van der Waals surface area contributed by atoms with Gasteiger partial charge in [-0.25, -0.2) is 15.0 Å². The first-order chi connectivity index (χ1) is 24.8. The first-order valence-corrected chi connectivity index (χ1v) is 16.9. The summed E-state index contributed by atoms with van der Waals surface area (Å²) in [6.07, 6.45) is 0. The van der Waals surface area contributed by atoms with Gasteiger partial charge in [0, 0.05) is 54.7 Å². The van der Waals surface area contributed by atoms with Crippen molar-refractivity contribution in [3.63, 3.8) is 0 Å². The summed E-state index contributed by atoms with van der Waals surface area (Å²) in [5.74, 6) is 1.95. The molecule has 232 valence electrons. The van der Waals surface area contributed by atoms with E-state index in [0.29, 0.717) is 17.5 Å². The smallest absolute Gasteiger partial charge is 0.164 e. The van der Waals surface area contributed by atoms with Gasteiger partial charge in [-0.2, -0.15) is 0 Å². The largest absolute Gasteiger partial charge is 0.309 e. The lowest BCUT2D eigenvalue weighted by atomic mass is 10.1. The van der Waals surface area contributed by atoms with Crippen LogP contribution in [0.15, 0.2) is 164 Å². The van der Waals surface area contributed by atoms with E-state index in [-0.39, 0.29) is 0 Å². The van der Waals surface area contributed by atoms with E-state index in [2.05, 4.69) is 112 Å². The van der Waals surface area contributed by atoms with Crippen LogP contribution in [0.1, 0.15) is 0 Å². The van der Waals surface area contributed by atoms with Crippen LogP contribution in [0, 0.1) is 0 Å². The Labute approximate surface area is 286 Å². The van der Waals surface area contributed by atoms with Crippen LogP contribution in [0.2, 0.25) is 0 Å². The first kappa shape index (κ1) is 27.1. The van der Waals surface area contributed by atoms with Crippen LogP contribution in [0.4, 0.5) is 0 Å². The molecule has 0 atom stereocenters. The SMILES string of the molecule is c1ccc(-c2nc(-c3ccccc3)nc(-c3ccc(-n4c5ccccc5c5cc6c7cccc8c9ccccc9n(c6cc54)c87)cc3)n2)cc1. The van der Waals surface area contributed by atoms with Crippen molar-refractivity contribution in [3.05, 3.63) is 164 Å². The van der Waals surface area contributed by atoms with Gasteiger partial charge >= 0.3 is 0 Å². The monoisotopic (exact) mass is 637 g/mol. The topological polar surface area (TPSA) is 48.0 Å². The number of fused-ring (bicyclic) bond motifs is 9. The van der Waals surface area contributed by atoms with E-state index < -0.39 is 0 Å². The second kappa shape index (κ2) is 10.3. The molecule has 0 N–H and O–H groups in total. The number of rotatable bonds is 4. The molecule has 0 fully saturated rings. The van der Waals surface area contributed by atoms with Gasteiger partial charge in [-0.3, -0.25) is 0 Å². The summed E-state index contributed by atoms with van der Waals surface area (Å²) in [5, 5.41) is 7.63. The van der Waals surface area contributed by atoms with E-state index in [1.165, 1.54) is 59.9 Å². The lowest BCUT2D eigenvalue weighted by molar-refractivity contribution is 1.07. The minimum absolute atomic E-state index is 0.644. The fourth-order valence-electron chi connectivity index (χ4n) is 7.87. The third kappa shape index (κ3) is 3.86. The highest BCUT2D eigenvalue weighted by Crippen LogP contribution is 2.42. The van der Waals surface area contributed by atoms with Crippen LogP contribution >= 0.6 is 0 Å². The Bertz CT molecular complexity index is 3010. The molecule has 0 aliphatic carbocycles. The highest BCUT2D eigenvalue weighted by molar-refractivity contribution is 6.26. The molecule has 0 spiro atoms. The van der Waals surface area contributed by atoms with Crippen LogP contribution in [0.5, 0.6) is 0 Å². The molecule has 5 nitrogen and oxygen atoms in total. The number of nitrogens with zero attached hydrogens (tertiary/aromatic N) is 5. The zero-order valence-electron chi connectivity index (χ0n) is 26.8. The van der Waals surface area contributed by atoms with E-state index >= 15 is 0 Å². The fraction of sp³-hybridized carbons (Fsp3) is 0. The zero-order chi connectivity index (χ0) is 32.8. The highest BCUT2D eigenvalue weighted by Gasteiger charge is 2.20. The second-order valence-corrected chi connectivity index (χ2v) is 12.9. The van der Waals surface area contributed by atoms with Crippen LogP contribution < -0.4 is 0 Å². The lowest BCUT2D eigenvalue weighted by Crippen LogP contribution is -2.00. The van der Waals surface area contributed by atoms with Crippen molar-refractivity contribution in [2.24, 2.45) is 0 Å². The van der Waals surface area contributed by atoms with Crippen LogP contribution in [0.25, 0.3) is 99.8 Å². The van der Waals surface area contributed by atoms with Crippen molar-refractivity contribution in [1.29, 1.82) is 0 Å². The maximum Gasteiger partial charge on any atom is 0.164 e. The summed E-state index contributed by atoms with van der Waals surface area (Å²) < 4.78 is 4.84. The Morgan fingerprint density at radius 1 is 0.320 bits per heavy atom. The Hall–Kier alpha value is -6.85. The summed E-state index contributed by atoms with van der Waals surface area (Å²) in [6, 6.07) is 57.8. The summed E-state index contributed by atoms with van der Waals surface area (Å²) in [7, 11) is 0. The van der Waals surface area contributed by atoms with Crippen molar-refractivity contribution in [3.8, 4) is 39.9 Å². The van der Waals surface area contributed by atoms with Crippen molar-refractivity contribution in [2.45, 2.75) is 0 Å². The quantitative estimate of drug-likeness (QED) is 0.193. The maximum atomic E-state index is 4.96. The van der Waals surface area contributed by atoms with Crippen LogP contribution in [0.3, 0.4) is 0 Å². The van der Waals surface area contributed by atoms with Crippen molar-refractivity contribution < 1.29 is 0 Å². The minimum Gasteiger partial charge on any atom is -0.309 e. The van der Waals surface area contributed by atoms with E-state index in [9.17, 15) is 0 Å².